The number of hydrogen-bond acceptors (Lipinski definition) is 5. The average molecular weight is 538 g/mol. The Balaban J connectivity index is 1.56. The highest BCUT2D eigenvalue weighted by Gasteiger charge is 2.56. The van der Waals surface area contributed by atoms with Crippen molar-refractivity contribution in [3.63, 3.8) is 0 Å². The molecule has 2 aliphatic carbocycles. The number of rotatable bonds is 10. The maximum absolute atomic E-state index is 13.7. The van der Waals surface area contributed by atoms with E-state index >= 15 is 0 Å². The normalized spacial score (nSPS) is 25.4. The van der Waals surface area contributed by atoms with Crippen molar-refractivity contribution in [1.29, 1.82) is 0 Å². The molecule has 1 saturated heterocycles. The van der Waals surface area contributed by atoms with Crippen LogP contribution in [0.3, 0.4) is 0 Å². The number of phenolic OH excluding ortho intramolecular Hbond substituents is 1. The number of imide groups is 1. The van der Waals surface area contributed by atoms with Crippen LogP contribution in [0.5, 0.6) is 5.75 Å². The molecule has 3 N–H and O–H groups in total. The zero-order valence-electron chi connectivity index (χ0n) is 24.2. The standard InChI is InChI=1S/C33H47NO5/c1-5-10-24-18-26-30(33(39)34(32(26)38)25-11-8-7-9-12-25)27(19-35)29(24)28(36)14-13-22(6-2)17-23-15-20(3)31(37)21(4)16-23/h15-17,25-28,30,35-37H,5-14,18-19H2,1-4H3/b22-17+/t26-,27+,28-,30-/m1/s1. The Morgan fingerprint density at radius 3 is 2.33 bits per heavy atom. The van der Waals surface area contributed by atoms with Gasteiger partial charge < -0.3 is 15.3 Å². The molecule has 6 heteroatoms. The number of aromatic hydroxyl groups is 1. The molecule has 1 heterocycles. The predicted molar refractivity (Wildman–Crippen MR) is 154 cm³/mol. The second-order valence-electron chi connectivity index (χ2n) is 12.0. The van der Waals surface area contributed by atoms with E-state index in [0.29, 0.717) is 25.0 Å². The van der Waals surface area contributed by atoms with E-state index in [2.05, 4.69) is 19.9 Å². The third-order valence-electron chi connectivity index (χ3n) is 9.34. The highest BCUT2D eigenvalue weighted by atomic mass is 16.3. The van der Waals surface area contributed by atoms with Gasteiger partial charge in [-0.1, -0.05) is 56.8 Å². The van der Waals surface area contributed by atoms with Crippen molar-refractivity contribution < 1.29 is 24.9 Å². The lowest BCUT2D eigenvalue weighted by Gasteiger charge is -2.36. The van der Waals surface area contributed by atoms with Crippen LogP contribution in [0, 0.1) is 31.6 Å². The molecule has 1 aliphatic heterocycles. The van der Waals surface area contributed by atoms with Gasteiger partial charge in [-0.3, -0.25) is 14.5 Å². The van der Waals surface area contributed by atoms with Crippen molar-refractivity contribution in [1.82, 2.24) is 4.90 Å². The molecule has 0 radical (unpaired) electrons. The Morgan fingerprint density at radius 2 is 1.74 bits per heavy atom. The van der Waals surface area contributed by atoms with Gasteiger partial charge in [0.25, 0.3) is 0 Å². The summed E-state index contributed by atoms with van der Waals surface area (Å²) in [5, 5.41) is 32.3. The molecule has 1 saturated carbocycles. The van der Waals surface area contributed by atoms with Gasteiger partial charge in [-0.05, 0) is 93.2 Å². The zero-order chi connectivity index (χ0) is 28.3. The Kier molecular flexibility index (Phi) is 9.71. The van der Waals surface area contributed by atoms with Gasteiger partial charge in [-0.15, -0.1) is 0 Å². The molecule has 6 nitrogen and oxygen atoms in total. The molecular formula is C33H47NO5. The van der Waals surface area contributed by atoms with Crippen LogP contribution < -0.4 is 0 Å². The van der Waals surface area contributed by atoms with Crippen LogP contribution in [0.25, 0.3) is 6.08 Å². The number of benzene rings is 1. The number of phenols is 1. The Labute approximate surface area is 233 Å². The second-order valence-corrected chi connectivity index (χ2v) is 12.0. The van der Waals surface area contributed by atoms with Crippen LogP contribution in [0.1, 0.15) is 101 Å². The molecule has 0 unspecified atom stereocenters. The number of aryl methyl sites for hydroxylation is 2. The first-order chi connectivity index (χ1) is 18.7. The number of aliphatic hydroxyl groups excluding tert-OH is 2. The molecule has 4 atom stereocenters. The topological polar surface area (TPSA) is 98.1 Å². The Hall–Kier alpha value is -2.44. The van der Waals surface area contributed by atoms with Gasteiger partial charge in [0.15, 0.2) is 0 Å². The summed E-state index contributed by atoms with van der Waals surface area (Å²) in [6.07, 6.45) is 10.5. The van der Waals surface area contributed by atoms with Gasteiger partial charge >= 0.3 is 0 Å². The summed E-state index contributed by atoms with van der Waals surface area (Å²) in [5.74, 6) is -1.37. The van der Waals surface area contributed by atoms with Gasteiger partial charge in [-0.2, -0.15) is 0 Å². The smallest absolute Gasteiger partial charge is 0.234 e. The minimum absolute atomic E-state index is 0.0175. The molecular weight excluding hydrogens is 490 g/mol. The maximum atomic E-state index is 13.7. The van der Waals surface area contributed by atoms with Crippen molar-refractivity contribution >= 4 is 17.9 Å². The Bertz CT molecular complexity index is 1110. The van der Waals surface area contributed by atoms with E-state index in [1.165, 1.54) is 5.57 Å². The van der Waals surface area contributed by atoms with Crippen LogP contribution >= 0.6 is 0 Å². The van der Waals surface area contributed by atoms with Crippen molar-refractivity contribution in [2.75, 3.05) is 6.61 Å². The number of allylic oxidation sites excluding steroid dienone is 2. The molecule has 0 spiro atoms. The first kappa shape index (κ1) is 29.5. The van der Waals surface area contributed by atoms with Gasteiger partial charge in [0.05, 0.1) is 24.5 Å². The van der Waals surface area contributed by atoms with Crippen LogP contribution in [-0.4, -0.2) is 50.8 Å². The minimum atomic E-state index is -0.769. The molecule has 2 amide bonds. The molecule has 1 aromatic carbocycles. The van der Waals surface area contributed by atoms with Crippen molar-refractivity contribution in [2.24, 2.45) is 17.8 Å². The summed E-state index contributed by atoms with van der Waals surface area (Å²) in [5.41, 5.74) is 5.77. The summed E-state index contributed by atoms with van der Waals surface area (Å²) in [4.78, 5) is 28.8. The van der Waals surface area contributed by atoms with E-state index in [9.17, 15) is 24.9 Å². The first-order valence-corrected chi connectivity index (χ1v) is 15.1. The van der Waals surface area contributed by atoms with Crippen LogP contribution in [0.4, 0.5) is 0 Å². The quantitative estimate of drug-likeness (QED) is 0.252. The third-order valence-corrected chi connectivity index (χ3v) is 9.34. The van der Waals surface area contributed by atoms with E-state index < -0.39 is 23.9 Å². The average Bonchev–Trinajstić information content (AvgIpc) is 3.18. The fourth-order valence-electron chi connectivity index (χ4n) is 7.36. The third kappa shape index (κ3) is 6.02. The maximum Gasteiger partial charge on any atom is 0.234 e. The number of aliphatic hydroxyl groups is 2. The monoisotopic (exact) mass is 537 g/mol. The number of carbonyl (C=O) groups is 2. The largest absolute Gasteiger partial charge is 0.507 e. The summed E-state index contributed by atoms with van der Waals surface area (Å²) in [6, 6.07) is 3.93. The van der Waals surface area contributed by atoms with Gasteiger partial charge in [-0.25, -0.2) is 0 Å². The van der Waals surface area contributed by atoms with Crippen molar-refractivity contribution in [3.05, 3.63) is 45.5 Å². The molecule has 39 heavy (non-hydrogen) atoms. The minimum Gasteiger partial charge on any atom is -0.507 e. The highest BCUT2D eigenvalue weighted by Crippen LogP contribution is 2.48. The lowest BCUT2D eigenvalue weighted by molar-refractivity contribution is -0.143. The Morgan fingerprint density at radius 1 is 1.08 bits per heavy atom. The second kappa shape index (κ2) is 12.8. The number of fused-ring (bicyclic) bond motifs is 1. The predicted octanol–water partition coefficient (Wildman–Crippen LogP) is 5.99. The summed E-state index contributed by atoms with van der Waals surface area (Å²) in [7, 11) is 0. The highest BCUT2D eigenvalue weighted by molar-refractivity contribution is 6.06. The number of amides is 2. The molecule has 1 aromatic rings. The molecule has 4 rings (SSSR count). The zero-order valence-corrected chi connectivity index (χ0v) is 24.2. The van der Waals surface area contributed by atoms with E-state index in [1.807, 2.05) is 26.0 Å². The fraction of sp³-hybridized carbons (Fsp3) is 0.636. The van der Waals surface area contributed by atoms with E-state index in [-0.39, 0.29) is 24.5 Å². The lowest BCUT2D eigenvalue weighted by Crippen LogP contribution is -2.42. The van der Waals surface area contributed by atoms with Crippen LogP contribution in [0.2, 0.25) is 0 Å². The summed E-state index contributed by atoms with van der Waals surface area (Å²) in [6.45, 7) is 7.75. The van der Waals surface area contributed by atoms with Gasteiger partial charge in [0.2, 0.25) is 11.8 Å². The number of nitrogens with zero attached hydrogens (tertiary/aromatic N) is 1. The van der Waals surface area contributed by atoms with Crippen molar-refractivity contribution in [2.45, 2.75) is 110 Å². The summed E-state index contributed by atoms with van der Waals surface area (Å²) >= 11 is 0. The molecule has 2 fully saturated rings. The van der Waals surface area contributed by atoms with E-state index in [1.54, 1.807) is 4.90 Å². The van der Waals surface area contributed by atoms with E-state index in [0.717, 1.165) is 79.2 Å². The first-order valence-electron chi connectivity index (χ1n) is 15.1. The fourth-order valence-corrected chi connectivity index (χ4v) is 7.36. The molecule has 0 aromatic heterocycles. The lowest BCUT2D eigenvalue weighted by atomic mass is 9.67. The number of hydrogen-bond donors (Lipinski definition) is 3. The number of likely N-dealkylation sites (tertiary alicyclic amines) is 1. The molecule has 0 bridgehead atoms. The van der Waals surface area contributed by atoms with Crippen molar-refractivity contribution in [3.8, 4) is 5.75 Å². The summed E-state index contributed by atoms with van der Waals surface area (Å²) < 4.78 is 0. The number of carbonyl (C=O) groups excluding carboxylic acids is 2. The SMILES string of the molecule is CCCC1=C([C@H](O)CC/C(=C/c2cc(C)c(O)c(C)c2)CC)[C@H](CO)[C@@H]2C(=O)N(C3CCCCC3)C(=O)[C@@H]2C1. The van der Waals surface area contributed by atoms with Gasteiger partial charge in [0.1, 0.15) is 5.75 Å². The molecule has 214 valence electrons. The molecule has 3 aliphatic rings. The van der Waals surface area contributed by atoms with Gasteiger partial charge in [0, 0.05) is 12.0 Å². The van der Waals surface area contributed by atoms with Crippen LogP contribution in [0.15, 0.2) is 28.9 Å². The van der Waals surface area contributed by atoms with E-state index in [4.69, 9.17) is 0 Å². The van der Waals surface area contributed by atoms with Crippen LogP contribution in [-0.2, 0) is 9.59 Å².